The lowest BCUT2D eigenvalue weighted by Gasteiger charge is -2.11. The number of benzene rings is 1. The van der Waals surface area contributed by atoms with E-state index in [9.17, 15) is 14.4 Å². The minimum atomic E-state index is -0.664. The third-order valence-corrected chi connectivity index (χ3v) is 6.46. The van der Waals surface area contributed by atoms with Crippen LogP contribution in [0.5, 0.6) is 0 Å². The molecule has 0 unspecified atom stereocenters. The van der Waals surface area contributed by atoms with Crippen molar-refractivity contribution in [1.82, 2.24) is 9.78 Å². The summed E-state index contributed by atoms with van der Waals surface area (Å²) in [5.41, 5.74) is 0.951. The van der Waals surface area contributed by atoms with Crippen molar-refractivity contribution in [3.63, 3.8) is 0 Å². The van der Waals surface area contributed by atoms with Gasteiger partial charge in [-0.3, -0.25) is 14.3 Å². The molecule has 9 heteroatoms. The van der Waals surface area contributed by atoms with Crippen LogP contribution in [0, 0.1) is 0 Å². The number of carbonyl (C=O) groups excluding carboxylic acids is 2. The molecule has 4 rings (SSSR count). The van der Waals surface area contributed by atoms with Crippen molar-refractivity contribution in [3.8, 4) is 10.4 Å². The summed E-state index contributed by atoms with van der Waals surface area (Å²) in [5, 5.41) is 11.4. The van der Waals surface area contributed by atoms with E-state index in [1.807, 2.05) is 30.5 Å². The minimum Gasteiger partial charge on any atom is -0.462 e. The Morgan fingerprint density at radius 3 is 2.65 bits per heavy atom. The minimum absolute atomic E-state index is 0.208. The molecular formula is C22H19N3O4S2. The zero-order valence-electron chi connectivity index (χ0n) is 16.9. The number of carbonyl (C=O) groups is 2. The number of fused-ring (bicyclic) bond motifs is 1. The zero-order chi connectivity index (χ0) is 22.0. The highest BCUT2D eigenvalue weighted by atomic mass is 32.1. The fourth-order valence-electron chi connectivity index (χ4n) is 3.26. The van der Waals surface area contributed by atoms with Crippen LogP contribution in [0.4, 0.5) is 5.00 Å². The first-order valence-electron chi connectivity index (χ1n) is 9.68. The monoisotopic (exact) mass is 453 g/mol. The molecule has 31 heavy (non-hydrogen) atoms. The number of aryl methyl sites for hydroxylation is 1. The molecule has 3 aromatic heterocycles. The smallest absolute Gasteiger partial charge is 0.341 e. The van der Waals surface area contributed by atoms with Gasteiger partial charge >= 0.3 is 5.97 Å². The van der Waals surface area contributed by atoms with Gasteiger partial charge in [0, 0.05) is 27.8 Å². The van der Waals surface area contributed by atoms with Crippen LogP contribution < -0.4 is 10.7 Å². The number of thiophene rings is 2. The van der Waals surface area contributed by atoms with Crippen LogP contribution in [-0.2, 0) is 11.3 Å². The molecule has 1 N–H and O–H groups in total. The Morgan fingerprint density at radius 1 is 1.13 bits per heavy atom. The highest BCUT2D eigenvalue weighted by Gasteiger charge is 2.25. The summed E-state index contributed by atoms with van der Waals surface area (Å²) < 4.78 is 6.82. The number of rotatable bonds is 6. The lowest BCUT2D eigenvalue weighted by atomic mass is 10.1. The van der Waals surface area contributed by atoms with Crippen molar-refractivity contribution < 1.29 is 14.3 Å². The Balaban J connectivity index is 1.77. The molecular weight excluding hydrogens is 434 g/mol. The van der Waals surface area contributed by atoms with E-state index in [1.165, 1.54) is 22.7 Å². The van der Waals surface area contributed by atoms with E-state index in [1.54, 1.807) is 35.2 Å². The molecule has 0 saturated heterocycles. The molecule has 0 spiro atoms. The van der Waals surface area contributed by atoms with E-state index in [4.69, 9.17) is 4.74 Å². The summed E-state index contributed by atoms with van der Waals surface area (Å²) in [5.74, 6) is -1.19. The number of hydrogen-bond acceptors (Lipinski definition) is 7. The van der Waals surface area contributed by atoms with Crippen LogP contribution in [0.1, 0.15) is 34.7 Å². The maximum Gasteiger partial charge on any atom is 0.341 e. The molecule has 4 aromatic rings. The Bertz CT molecular complexity index is 1320. The van der Waals surface area contributed by atoms with Crippen molar-refractivity contribution in [2.24, 2.45) is 0 Å². The maximum absolute atomic E-state index is 13.0. The van der Waals surface area contributed by atoms with E-state index in [2.05, 4.69) is 10.4 Å². The van der Waals surface area contributed by atoms with Crippen molar-refractivity contribution in [2.45, 2.75) is 20.4 Å². The van der Waals surface area contributed by atoms with Gasteiger partial charge in [0.2, 0.25) is 5.43 Å². The number of aromatic nitrogens is 2. The third-order valence-electron chi connectivity index (χ3n) is 4.66. The Hall–Kier alpha value is -3.30. The number of esters is 1. The summed E-state index contributed by atoms with van der Waals surface area (Å²) in [6.45, 7) is 4.31. The van der Waals surface area contributed by atoms with Crippen molar-refractivity contribution in [2.75, 3.05) is 11.9 Å². The molecule has 0 atom stereocenters. The molecule has 1 amide bonds. The highest BCUT2D eigenvalue weighted by Crippen LogP contribution is 2.38. The normalized spacial score (nSPS) is 10.9. The van der Waals surface area contributed by atoms with Gasteiger partial charge in [0.05, 0.1) is 12.1 Å². The summed E-state index contributed by atoms with van der Waals surface area (Å²) in [6, 6.07) is 10.8. The van der Waals surface area contributed by atoms with Gasteiger partial charge in [-0.25, -0.2) is 4.79 Å². The molecule has 0 bridgehead atoms. The second-order valence-electron chi connectivity index (χ2n) is 6.52. The van der Waals surface area contributed by atoms with Crippen molar-refractivity contribution in [1.29, 1.82) is 0 Å². The molecule has 0 radical (unpaired) electrons. The van der Waals surface area contributed by atoms with Crippen LogP contribution in [0.2, 0.25) is 0 Å². The van der Waals surface area contributed by atoms with Crippen LogP contribution in [0.15, 0.2) is 52.0 Å². The Morgan fingerprint density at radius 2 is 1.94 bits per heavy atom. The van der Waals surface area contributed by atoms with Crippen LogP contribution in [0.3, 0.4) is 0 Å². The van der Waals surface area contributed by atoms with Gasteiger partial charge in [0.25, 0.3) is 5.91 Å². The van der Waals surface area contributed by atoms with Gasteiger partial charge in [0.15, 0.2) is 5.69 Å². The average Bonchev–Trinajstić information content (AvgIpc) is 3.44. The molecule has 1 aromatic carbocycles. The first-order valence-corrected chi connectivity index (χ1v) is 11.4. The quantitative estimate of drug-likeness (QED) is 0.430. The summed E-state index contributed by atoms with van der Waals surface area (Å²) >= 11 is 2.69. The van der Waals surface area contributed by atoms with Gasteiger partial charge in [-0.1, -0.05) is 18.2 Å². The maximum atomic E-state index is 13.0. The Kier molecular flexibility index (Phi) is 5.97. The van der Waals surface area contributed by atoms with E-state index in [-0.39, 0.29) is 17.9 Å². The molecule has 158 valence electrons. The molecule has 0 saturated carbocycles. The second kappa shape index (κ2) is 8.83. The number of nitrogens with one attached hydrogen (secondary N) is 1. The molecule has 0 aliphatic heterocycles. The van der Waals surface area contributed by atoms with Crippen LogP contribution in [-0.4, -0.2) is 28.3 Å². The SMILES string of the molecule is CCOC(=O)c1c(-c2cccs2)csc1NC(=O)c1nn(CC)c2ccccc2c1=O. The number of ether oxygens (including phenoxy) is 1. The van der Waals surface area contributed by atoms with E-state index in [0.29, 0.717) is 28.0 Å². The van der Waals surface area contributed by atoms with Gasteiger partial charge in [-0.2, -0.15) is 5.10 Å². The molecule has 0 fully saturated rings. The van der Waals surface area contributed by atoms with E-state index in [0.717, 1.165) is 4.88 Å². The summed E-state index contributed by atoms with van der Waals surface area (Å²) in [6.07, 6.45) is 0. The molecule has 0 aliphatic carbocycles. The zero-order valence-corrected chi connectivity index (χ0v) is 18.5. The highest BCUT2D eigenvalue weighted by molar-refractivity contribution is 7.17. The number of amides is 1. The summed E-state index contributed by atoms with van der Waals surface area (Å²) in [7, 11) is 0. The molecule has 0 aliphatic rings. The van der Waals surface area contributed by atoms with Gasteiger partial charge < -0.3 is 10.1 Å². The van der Waals surface area contributed by atoms with Crippen molar-refractivity contribution in [3.05, 3.63) is 68.6 Å². The number of anilines is 1. The number of nitrogens with zero attached hydrogens (tertiary/aromatic N) is 2. The summed E-state index contributed by atoms with van der Waals surface area (Å²) in [4.78, 5) is 39.5. The number of para-hydroxylation sites is 1. The predicted octanol–water partition coefficient (Wildman–Crippen LogP) is 4.64. The molecule has 3 heterocycles. The van der Waals surface area contributed by atoms with E-state index >= 15 is 0 Å². The first kappa shape index (κ1) is 21.0. The number of hydrogen-bond donors (Lipinski definition) is 1. The van der Waals surface area contributed by atoms with E-state index < -0.39 is 17.3 Å². The van der Waals surface area contributed by atoms with Crippen LogP contribution in [0.25, 0.3) is 21.3 Å². The first-order chi connectivity index (χ1) is 15.0. The fraction of sp³-hybridized carbons (Fsp3) is 0.182. The molecule has 7 nitrogen and oxygen atoms in total. The van der Waals surface area contributed by atoms with Gasteiger partial charge in [-0.05, 0) is 37.4 Å². The largest absolute Gasteiger partial charge is 0.462 e. The van der Waals surface area contributed by atoms with Crippen LogP contribution >= 0.6 is 22.7 Å². The standard InChI is InChI=1S/C22H19N3O4S2/c1-3-25-15-9-6-5-8-13(15)19(26)18(24-25)20(27)23-21-17(22(28)29-4-2)14(12-31-21)16-10-7-11-30-16/h5-12H,3-4H2,1-2H3,(H,23,27). The lowest BCUT2D eigenvalue weighted by Crippen LogP contribution is -2.27. The third kappa shape index (κ3) is 3.89. The van der Waals surface area contributed by atoms with Gasteiger partial charge in [0.1, 0.15) is 10.6 Å². The topological polar surface area (TPSA) is 90.3 Å². The predicted molar refractivity (Wildman–Crippen MR) is 123 cm³/mol. The second-order valence-corrected chi connectivity index (χ2v) is 8.34. The van der Waals surface area contributed by atoms with Gasteiger partial charge in [-0.15, -0.1) is 22.7 Å². The average molecular weight is 454 g/mol. The fourth-order valence-corrected chi connectivity index (χ4v) is 5.03. The van der Waals surface area contributed by atoms with Crippen molar-refractivity contribution >= 4 is 50.5 Å². The lowest BCUT2D eigenvalue weighted by molar-refractivity contribution is 0.0529. The Labute approximate surface area is 185 Å².